The first kappa shape index (κ1) is 59.5. The number of amides is 6. The van der Waals surface area contributed by atoms with Gasteiger partial charge in [-0.25, -0.2) is 9.97 Å². The molecule has 2 fully saturated rings. The van der Waals surface area contributed by atoms with E-state index < -0.39 is 82.6 Å². The molecule has 0 saturated carbocycles. The van der Waals surface area contributed by atoms with Crippen molar-refractivity contribution in [3.63, 3.8) is 0 Å². The minimum atomic E-state index is -1.01. The van der Waals surface area contributed by atoms with Crippen LogP contribution < -0.4 is 21.3 Å². The van der Waals surface area contributed by atoms with Gasteiger partial charge in [0.05, 0.1) is 84.0 Å². The van der Waals surface area contributed by atoms with Crippen LogP contribution in [0.25, 0.3) is 20.9 Å². The number of nitrogens with zero attached hydrogens (tertiary/aromatic N) is 4. The molecule has 0 aliphatic carbocycles. The number of ether oxygens (including phenoxy) is 4. The van der Waals surface area contributed by atoms with Gasteiger partial charge in [-0.15, -0.1) is 22.7 Å². The second-order valence-electron chi connectivity index (χ2n) is 21.2. The van der Waals surface area contributed by atoms with E-state index in [0.717, 1.165) is 43.4 Å². The number of benzene rings is 2. The number of aliphatic hydroxyl groups is 2. The van der Waals surface area contributed by atoms with E-state index >= 15 is 0 Å². The molecule has 2 aromatic heterocycles. The van der Waals surface area contributed by atoms with E-state index in [0.29, 0.717) is 0 Å². The van der Waals surface area contributed by atoms with Crippen LogP contribution in [0.3, 0.4) is 0 Å². The van der Waals surface area contributed by atoms with E-state index in [4.69, 9.17) is 18.9 Å². The zero-order valence-corrected chi connectivity index (χ0v) is 46.4. The Labute approximate surface area is 452 Å². The smallest absolute Gasteiger partial charge is 0.246 e. The van der Waals surface area contributed by atoms with Gasteiger partial charge >= 0.3 is 0 Å². The normalized spacial score (nSPS) is 18.6. The molecular formula is C54H74N8O12S2. The SMILES string of the molecule is Cc1ncsc1-c1ccc(CNC(=O)[C@@H]2C[C@@H](O)CN2C(=O)[C@@H](NC(=O)COCCOCCOCCOCC(=O)N[C@H](C(=O)N2C[C@H](O)C[C@H]2C(=O)NCc2ccc(-c3scnc3C)cc2)C(C)(C)C)C(C)(C)C)cc1. The van der Waals surface area contributed by atoms with Crippen molar-refractivity contribution in [2.75, 3.05) is 65.9 Å². The summed E-state index contributed by atoms with van der Waals surface area (Å²) >= 11 is 3.12. The van der Waals surface area contributed by atoms with Crippen LogP contribution in [-0.4, -0.2) is 168 Å². The summed E-state index contributed by atoms with van der Waals surface area (Å²) in [5.41, 5.74) is 7.84. The summed E-state index contributed by atoms with van der Waals surface area (Å²) in [5.74, 6) is -2.80. The lowest BCUT2D eigenvalue weighted by Gasteiger charge is -2.35. The van der Waals surface area contributed by atoms with Crippen molar-refractivity contribution in [2.24, 2.45) is 10.8 Å². The quantitative estimate of drug-likeness (QED) is 0.0520. The summed E-state index contributed by atoms with van der Waals surface area (Å²) in [6, 6.07) is 11.8. The average Bonchev–Trinajstić information content (AvgIpc) is 4.20. The molecule has 2 saturated heterocycles. The first-order chi connectivity index (χ1) is 36.1. The molecule has 6 atom stereocenters. The van der Waals surface area contributed by atoms with Gasteiger partial charge in [-0.3, -0.25) is 28.8 Å². The van der Waals surface area contributed by atoms with Gasteiger partial charge in [0, 0.05) is 39.0 Å². The Morgan fingerprint density at radius 2 is 0.921 bits per heavy atom. The van der Waals surface area contributed by atoms with Gasteiger partial charge in [-0.1, -0.05) is 90.1 Å². The Morgan fingerprint density at radius 3 is 1.24 bits per heavy atom. The van der Waals surface area contributed by atoms with Gasteiger partial charge in [-0.2, -0.15) is 0 Å². The van der Waals surface area contributed by atoms with Gasteiger partial charge in [0.2, 0.25) is 35.4 Å². The first-order valence-electron chi connectivity index (χ1n) is 25.5. The van der Waals surface area contributed by atoms with Gasteiger partial charge in [0.15, 0.2) is 0 Å². The van der Waals surface area contributed by atoms with Crippen LogP contribution in [0.2, 0.25) is 0 Å². The summed E-state index contributed by atoms with van der Waals surface area (Å²) in [6.07, 6.45) is -1.66. The molecule has 76 heavy (non-hydrogen) atoms. The summed E-state index contributed by atoms with van der Waals surface area (Å²) in [7, 11) is 0. The minimum absolute atomic E-state index is 0.0450. The van der Waals surface area contributed by atoms with E-state index in [-0.39, 0.29) is 91.9 Å². The zero-order valence-electron chi connectivity index (χ0n) is 44.7. The molecule has 6 rings (SSSR count). The van der Waals surface area contributed by atoms with E-state index in [2.05, 4.69) is 31.2 Å². The molecule has 2 aromatic carbocycles. The molecule has 0 spiro atoms. The zero-order chi connectivity index (χ0) is 55.2. The van der Waals surface area contributed by atoms with Crippen LogP contribution in [-0.2, 0) is 60.8 Å². The number of nitrogens with one attached hydrogen (secondary N) is 4. The van der Waals surface area contributed by atoms with E-state index in [1.54, 1.807) is 75.2 Å². The van der Waals surface area contributed by atoms with Gasteiger partial charge in [0.25, 0.3) is 0 Å². The predicted molar refractivity (Wildman–Crippen MR) is 287 cm³/mol. The third kappa shape index (κ3) is 16.9. The number of rotatable bonds is 25. The molecule has 6 amide bonds. The third-order valence-corrected chi connectivity index (χ3v) is 15.0. The molecule has 0 bridgehead atoms. The lowest BCUT2D eigenvalue weighted by atomic mass is 9.85. The van der Waals surface area contributed by atoms with Gasteiger partial charge in [0.1, 0.15) is 37.4 Å². The number of hydrogen-bond donors (Lipinski definition) is 6. The molecule has 414 valence electrons. The highest BCUT2D eigenvalue weighted by molar-refractivity contribution is 7.13. The molecule has 6 N–H and O–H groups in total. The molecule has 2 aliphatic rings. The lowest BCUT2D eigenvalue weighted by molar-refractivity contribution is -0.144. The number of aliphatic hydroxyl groups excluding tert-OH is 2. The highest BCUT2D eigenvalue weighted by atomic mass is 32.1. The molecule has 2 aliphatic heterocycles. The van der Waals surface area contributed by atoms with Crippen molar-refractivity contribution < 1.29 is 57.9 Å². The van der Waals surface area contributed by atoms with Crippen LogP contribution in [0.1, 0.15) is 76.9 Å². The monoisotopic (exact) mass is 1090 g/mol. The minimum Gasteiger partial charge on any atom is -0.391 e. The van der Waals surface area contributed by atoms with E-state index in [9.17, 15) is 39.0 Å². The predicted octanol–water partition coefficient (Wildman–Crippen LogP) is 3.53. The van der Waals surface area contributed by atoms with Crippen LogP contribution in [0.4, 0.5) is 0 Å². The largest absolute Gasteiger partial charge is 0.391 e. The molecule has 0 unspecified atom stereocenters. The van der Waals surface area contributed by atoms with Crippen LogP contribution in [0.5, 0.6) is 0 Å². The number of carbonyl (C=O) groups is 6. The third-order valence-electron chi connectivity index (χ3n) is 13.0. The Bertz CT molecular complexity index is 2400. The number of likely N-dealkylation sites (tertiary alicyclic amines) is 2. The fourth-order valence-corrected chi connectivity index (χ4v) is 10.5. The summed E-state index contributed by atoms with van der Waals surface area (Å²) in [6.45, 7) is 15.4. The summed E-state index contributed by atoms with van der Waals surface area (Å²) in [4.78, 5) is 94.3. The van der Waals surface area contributed by atoms with Crippen molar-refractivity contribution in [3.8, 4) is 20.9 Å². The second-order valence-corrected chi connectivity index (χ2v) is 22.9. The van der Waals surface area contributed by atoms with Crippen LogP contribution in [0, 0.1) is 24.7 Å². The Hall–Kier alpha value is -5.72. The molecular weight excluding hydrogens is 1020 g/mol. The second kappa shape index (κ2) is 27.5. The number of thiazole rings is 2. The standard InChI is InChI=1S/C54H74N8O12S2/c1-33-45(75-31-57-33)37-13-9-35(10-14-37)25-55-49(67)41-23-39(63)27-61(41)51(69)47(53(3,4)5)59-43(65)29-73-21-19-71-17-18-72-20-22-74-30-44(66)60-48(54(6,7)8)52(70)62-28-40(64)24-42(62)50(68)56-26-36-11-15-38(16-12-36)46-34(2)58-32-76-46/h9-16,31-32,39-42,47-48,63-64H,17-30H2,1-8H3,(H,55,67)(H,56,68)(H,59,65)(H,60,66)/t39-,40-,41+,42+,47-,48-/m1/s1. The highest BCUT2D eigenvalue weighted by Crippen LogP contribution is 2.31. The maximum Gasteiger partial charge on any atom is 0.246 e. The summed E-state index contributed by atoms with van der Waals surface area (Å²) in [5, 5.41) is 32.5. The van der Waals surface area contributed by atoms with Crippen molar-refractivity contribution in [1.29, 1.82) is 0 Å². The fraction of sp³-hybridized carbons (Fsp3) is 0.556. The molecule has 0 radical (unpaired) electrons. The number of β-amino-alcohol motifs (C(OH)–C–C–N with tert-alkyl or cyclic N) is 2. The lowest BCUT2D eigenvalue weighted by Crippen LogP contribution is -2.58. The maximum atomic E-state index is 14.0. The van der Waals surface area contributed by atoms with Crippen molar-refractivity contribution in [3.05, 3.63) is 82.1 Å². The average molecular weight is 1090 g/mol. The fourth-order valence-electron chi connectivity index (χ4n) is 8.85. The Kier molecular flexibility index (Phi) is 21.6. The highest BCUT2D eigenvalue weighted by Gasteiger charge is 2.46. The topological polar surface area (TPSA) is 260 Å². The van der Waals surface area contributed by atoms with E-state index in [1.807, 2.05) is 62.4 Å². The maximum absolute atomic E-state index is 14.0. The Balaban J connectivity index is 0.832. The first-order valence-corrected chi connectivity index (χ1v) is 27.3. The number of hydrogen-bond acceptors (Lipinski definition) is 16. The van der Waals surface area contributed by atoms with Crippen LogP contribution >= 0.6 is 22.7 Å². The van der Waals surface area contributed by atoms with E-state index in [1.165, 1.54) is 9.80 Å². The van der Waals surface area contributed by atoms with Crippen molar-refractivity contribution >= 4 is 58.1 Å². The number of aryl methyl sites for hydroxylation is 2. The van der Waals surface area contributed by atoms with Crippen molar-refractivity contribution in [2.45, 2.75) is 118 Å². The van der Waals surface area contributed by atoms with Crippen LogP contribution in [0.15, 0.2) is 59.6 Å². The number of aromatic nitrogens is 2. The van der Waals surface area contributed by atoms with Gasteiger partial charge in [-0.05, 0) is 46.9 Å². The molecule has 4 heterocycles. The summed E-state index contributed by atoms with van der Waals surface area (Å²) < 4.78 is 22.1. The molecule has 22 heteroatoms. The Morgan fingerprint density at radius 1 is 0.579 bits per heavy atom. The van der Waals surface area contributed by atoms with Crippen molar-refractivity contribution in [1.82, 2.24) is 41.0 Å². The van der Waals surface area contributed by atoms with Gasteiger partial charge < -0.3 is 60.2 Å². The molecule has 4 aromatic rings. The molecule has 20 nitrogen and oxygen atoms in total. The number of carbonyl (C=O) groups excluding carboxylic acids is 6.